The van der Waals surface area contributed by atoms with Crippen LogP contribution in [0.4, 0.5) is 42.9 Å². The average Bonchev–Trinajstić information content (AvgIpc) is 1.53. The van der Waals surface area contributed by atoms with Crippen molar-refractivity contribution in [2.75, 3.05) is 9.80 Å². The summed E-state index contributed by atoms with van der Waals surface area (Å²) in [6.07, 6.45) is 14.4. The molecular weight excluding hydrogens is 1600 g/mol. The Morgan fingerprint density at radius 1 is 0.300 bits per heavy atom. The molecular formula is C122H98F2N2O4. The van der Waals surface area contributed by atoms with Crippen LogP contribution in [0, 0.1) is 25.5 Å². The highest BCUT2D eigenvalue weighted by Gasteiger charge is 2.49. The molecule has 0 radical (unpaired) electrons. The normalized spacial score (nSPS) is 14.2. The molecule has 21 rings (SSSR count). The van der Waals surface area contributed by atoms with Gasteiger partial charge in [-0.15, -0.1) is 0 Å². The predicted octanol–water partition coefficient (Wildman–Crippen LogP) is 34.5. The number of nitrogens with zero attached hydrogens (tertiary/aromatic N) is 2. The molecule has 0 bridgehead atoms. The molecule has 2 aromatic heterocycles. The van der Waals surface area contributed by atoms with E-state index in [-0.39, 0.29) is 11.6 Å². The molecule has 2 unspecified atom stereocenters. The van der Waals surface area contributed by atoms with E-state index >= 15 is 8.78 Å². The molecule has 19 aromatic rings. The third kappa shape index (κ3) is 14.4. The first kappa shape index (κ1) is 81.9. The number of fused-ring (bicyclic) bond motifs is 12. The van der Waals surface area contributed by atoms with Gasteiger partial charge in [0.2, 0.25) is 0 Å². The summed E-state index contributed by atoms with van der Waals surface area (Å²) in [7, 11) is 0. The number of aryl methyl sites for hydroxylation is 4. The number of halogens is 2. The van der Waals surface area contributed by atoms with E-state index in [0.717, 1.165) is 243 Å². The van der Waals surface area contributed by atoms with E-state index in [1.807, 2.05) is 97.1 Å². The van der Waals surface area contributed by atoms with Crippen LogP contribution in [-0.4, -0.2) is 0 Å². The van der Waals surface area contributed by atoms with Crippen molar-refractivity contribution in [2.45, 2.75) is 103 Å². The van der Waals surface area contributed by atoms with Crippen molar-refractivity contribution in [1.29, 1.82) is 0 Å². The predicted molar refractivity (Wildman–Crippen MR) is 534 cm³/mol. The molecule has 634 valence electrons. The molecule has 2 atom stereocenters. The molecule has 2 aliphatic rings. The first-order valence-electron chi connectivity index (χ1n) is 45.7. The number of unbranched alkanes of at least 4 members (excludes halogenated alkanes) is 6. The van der Waals surface area contributed by atoms with Crippen LogP contribution in [-0.2, 0) is 23.7 Å². The number of anilines is 6. The van der Waals surface area contributed by atoms with Crippen LogP contribution in [0.1, 0.15) is 143 Å². The van der Waals surface area contributed by atoms with Crippen molar-refractivity contribution in [1.82, 2.24) is 0 Å². The van der Waals surface area contributed by atoms with Gasteiger partial charge in [0.25, 0.3) is 0 Å². The number of hydrogen-bond acceptors (Lipinski definition) is 6. The maximum Gasteiger partial charge on any atom is 0.137 e. The van der Waals surface area contributed by atoms with Gasteiger partial charge in [-0.1, -0.05) is 284 Å². The lowest BCUT2D eigenvalue weighted by molar-refractivity contribution is 0.482. The maximum atomic E-state index is 15.6. The van der Waals surface area contributed by atoms with Crippen molar-refractivity contribution >= 4 is 90.2 Å². The minimum atomic E-state index is -0.896. The van der Waals surface area contributed by atoms with Gasteiger partial charge in [0.05, 0.1) is 33.0 Å². The topological polar surface area (TPSA) is 51.2 Å². The second-order valence-corrected chi connectivity index (χ2v) is 34.8. The standard InChI is InChI=1S/C122H98F2N2O4/c1-7-11-13-15-27-83-75-108(100-70-58-92(74-80(100)6)126(114-36-26-40-118-120(114)106-32-20-24-38-116(106)130-118)94-60-72-104-102-30-18-22-34-110(102)122(112(104)78-94,86-47-55-90(124)56-48-86)88-51-67-98(68-52-88)128-96-63-43-82(10-4)44-64-96)84(28-16-14-12-8-2)76-107(83)99-69-57-91(73-79(99)5)125(113-35-25-39-117-119(113)105-31-19-23-37-115(105)129-117)93-59-71-103-101-29-17-21-33-109(101)121(111(103)77-93,85-45-53-89(123)54-46-85)87-49-65-97(66-50-87)127-95-61-41-81(9-3)42-62-95/h9-10,17-26,29-78H,3-4,7-8,11-16,27-28H2,1-2,5-6H3. The van der Waals surface area contributed by atoms with Crippen LogP contribution < -0.4 is 19.3 Å². The van der Waals surface area contributed by atoms with Gasteiger partial charge in [-0.2, -0.15) is 0 Å². The zero-order chi connectivity index (χ0) is 88.1. The van der Waals surface area contributed by atoms with E-state index in [2.05, 4.69) is 305 Å². The molecule has 17 aromatic carbocycles. The van der Waals surface area contributed by atoms with Gasteiger partial charge in [-0.3, -0.25) is 0 Å². The Morgan fingerprint density at radius 3 is 1.01 bits per heavy atom. The van der Waals surface area contributed by atoms with Crippen LogP contribution >= 0.6 is 0 Å². The largest absolute Gasteiger partial charge is 0.457 e. The summed E-state index contributed by atoms with van der Waals surface area (Å²) in [6, 6.07) is 127. The fourth-order valence-corrected chi connectivity index (χ4v) is 21.0. The maximum absolute atomic E-state index is 15.6. The summed E-state index contributed by atoms with van der Waals surface area (Å²) in [4.78, 5) is 4.86. The third-order valence-corrected chi connectivity index (χ3v) is 27.1. The molecule has 6 nitrogen and oxygen atoms in total. The van der Waals surface area contributed by atoms with Crippen LogP contribution in [0.15, 0.2) is 386 Å². The Balaban J connectivity index is 0.708. The number of hydrogen-bond donors (Lipinski definition) is 0. The highest BCUT2D eigenvalue weighted by molar-refractivity contribution is 6.15. The number of furan rings is 2. The SMILES string of the molecule is C=Cc1ccc(Oc2ccc(C3(c4ccc(F)cc4)c4ccccc4-c4ccc(N(c5ccc(-c6cc(CCCCCC)c(-c7ccc(N(c8ccc9c(c8)C(c8ccc(F)cc8)(c8ccc(Oc%10ccc(C=C)cc%10)cc8)c8ccccc8-9)c8cccc9oc%10ccccc%10c89)cc7C)cc6CCCCCC)c(C)c5)c5cccc6oc7ccccc7c56)cc43)cc2)cc1. The van der Waals surface area contributed by atoms with Crippen LogP contribution in [0.25, 0.3) is 101 Å². The van der Waals surface area contributed by atoms with Crippen LogP contribution in [0.2, 0.25) is 0 Å². The Kier molecular flexibility index (Phi) is 21.8. The molecule has 8 heteroatoms. The van der Waals surface area contributed by atoms with E-state index in [4.69, 9.17) is 18.3 Å². The van der Waals surface area contributed by atoms with Crippen molar-refractivity contribution in [3.63, 3.8) is 0 Å². The number of ether oxygens (including phenoxy) is 2. The van der Waals surface area contributed by atoms with Crippen molar-refractivity contribution in [3.8, 4) is 67.5 Å². The minimum absolute atomic E-state index is 0.301. The van der Waals surface area contributed by atoms with Gasteiger partial charge in [0, 0.05) is 33.5 Å². The van der Waals surface area contributed by atoms with Gasteiger partial charge in [0.1, 0.15) is 57.0 Å². The first-order chi connectivity index (χ1) is 63.9. The third-order valence-electron chi connectivity index (χ3n) is 27.1. The lowest BCUT2D eigenvalue weighted by atomic mass is 9.67. The molecule has 0 saturated heterocycles. The number of benzene rings is 17. The van der Waals surface area contributed by atoms with E-state index in [9.17, 15) is 0 Å². The molecule has 0 saturated carbocycles. The average molecular weight is 1690 g/mol. The van der Waals surface area contributed by atoms with Crippen LogP contribution in [0.5, 0.6) is 23.0 Å². The highest BCUT2D eigenvalue weighted by Crippen LogP contribution is 2.61. The second kappa shape index (κ2) is 34.6. The molecule has 0 aliphatic heterocycles. The molecule has 0 N–H and O–H groups in total. The van der Waals surface area contributed by atoms with Crippen LogP contribution in [0.3, 0.4) is 0 Å². The first-order valence-corrected chi connectivity index (χ1v) is 45.7. The Labute approximate surface area is 759 Å². The fourth-order valence-electron chi connectivity index (χ4n) is 21.0. The molecule has 0 fully saturated rings. The van der Waals surface area contributed by atoms with Gasteiger partial charge in [-0.25, -0.2) is 8.78 Å². The monoisotopic (exact) mass is 1690 g/mol. The second-order valence-electron chi connectivity index (χ2n) is 34.8. The summed E-state index contributed by atoms with van der Waals surface area (Å²) in [6.45, 7) is 17.1. The number of rotatable bonds is 28. The van der Waals surface area contributed by atoms with Crippen molar-refractivity contribution in [2.24, 2.45) is 0 Å². The van der Waals surface area contributed by atoms with E-state index in [1.54, 1.807) is 24.3 Å². The fraction of sp³-hybridized carbons (Fsp3) is 0.131. The quantitative estimate of drug-likeness (QED) is 0.0456. The lowest BCUT2D eigenvalue weighted by Crippen LogP contribution is -2.29. The molecule has 2 heterocycles. The lowest BCUT2D eigenvalue weighted by Gasteiger charge is -2.35. The summed E-state index contributed by atoms with van der Waals surface area (Å²) >= 11 is 0. The van der Waals surface area contributed by atoms with E-state index in [1.165, 1.54) is 33.4 Å². The summed E-state index contributed by atoms with van der Waals surface area (Å²) in [5.41, 5.74) is 31.9. The zero-order valence-corrected chi connectivity index (χ0v) is 73.6. The summed E-state index contributed by atoms with van der Waals surface area (Å²) in [5.74, 6) is 2.24. The summed E-state index contributed by atoms with van der Waals surface area (Å²) in [5, 5.41) is 4.07. The Morgan fingerprint density at radius 2 is 0.631 bits per heavy atom. The van der Waals surface area contributed by atoms with Gasteiger partial charge in [0.15, 0.2) is 0 Å². The van der Waals surface area contributed by atoms with Gasteiger partial charge >= 0.3 is 0 Å². The minimum Gasteiger partial charge on any atom is -0.457 e. The van der Waals surface area contributed by atoms with E-state index < -0.39 is 10.8 Å². The molecule has 130 heavy (non-hydrogen) atoms. The Bertz CT molecular complexity index is 7080. The molecule has 0 spiro atoms. The number of para-hydroxylation sites is 2. The highest BCUT2D eigenvalue weighted by atomic mass is 19.1. The van der Waals surface area contributed by atoms with Crippen molar-refractivity contribution in [3.05, 3.63) is 467 Å². The van der Waals surface area contributed by atoms with E-state index in [0.29, 0.717) is 11.5 Å². The summed E-state index contributed by atoms with van der Waals surface area (Å²) < 4.78 is 57.7. The molecule has 2 aliphatic carbocycles. The Hall–Kier alpha value is -15.1. The van der Waals surface area contributed by atoms with Gasteiger partial charge in [-0.05, 0) is 320 Å². The zero-order valence-electron chi connectivity index (χ0n) is 73.6. The smallest absolute Gasteiger partial charge is 0.137 e. The van der Waals surface area contributed by atoms with Crippen molar-refractivity contribution < 1.29 is 27.1 Å². The molecule has 0 amide bonds. The van der Waals surface area contributed by atoms with Gasteiger partial charge < -0.3 is 28.1 Å².